The van der Waals surface area contributed by atoms with Crippen LogP contribution in [0.2, 0.25) is 0 Å². The zero-order chi connectivity index (χ0) is 20.4. The number of oxazole rings is 1. The first kappa shape index (κ1) is 20.4. The largest absolute Gasteiger partial charge is 0.439 e. The van der Waals surface area contributed by atoms with Crippen LogP contribution in [0.1, 0.15) is 12.8 Å². The molecule has 0 aliphatic heterocycles. The highest BCUT2D eigenvalue weighted by atomic mass is 32.2. The molecule has 10 heteroatoms. The van der Waals surface area contributed by atoms with Crippen LogP contribution in [0.25, 0.3) is 22.6 Å². The van der Waals surface area contributed by atoms with Crippen molar-refractivity contribution in [3.63, 3.8) is 0 Å². The molecule has 0 amide bonds. The molecule has 1 heterocycles. The first-order valence-electron chi connectivity index (χ1n) is 8.34. The SMILES string of the molecule is CCOP(=O)(O)Cc1nc(-c2ccccc2)c(-c2ccc(S(N)(=O)=O)cc2)o1. The molecule has 0 aliphatic rings. The zero-order valence-electron chi connectivity index (χ0n) is 15.0. The van der Waals surface area contributed by atoms with Gasteiger partial charge in [-0.2, -0.15) is 0 Å². The molecule has 0 aliphatic carbocycles. The van der Waals surface area contributed by atoms with Crippen molar-refractivity contribution in [3.8, 4) is 22.6 Å². The number of aromatic nitrogens is 1. The van der Waals surface area contributed by atoms with Crippen molar-refractivity contribution in [2.45, 2.75) is 18.0 Å². The van der Waals surface area contributed by atoms with Gasteiger partial charge in [0.2, 0.25) is 15.9 Å². The third kappa shape index (κ3) is 4.76. The van der Waals surface area contributed by atoms with Crippen molar-refractivity contribution in [2.75, 3.05) is 6.61 Å². The van der Waals surface area contributed by atoms with Gasteiger partial charge in [0, 0.05) is 11.1 Å². The van der Waals surface area contributed by atoms with Gasteiger partial charge in [0.05, 0.1) is 11.5 Å². The highest BCUT2D eigenvalue weighted by Crippen LogP contribution is 2.46. The molecule has 148 valence electrons. The molecule has 0 saturated carbocycles. The summed E-state index contributed by atoms with van der Waals surface area (Å²) in [5, 5.41) is 5.13. The number of hydrogen-bond donors (Lipinski definition) is 2. The summed E-state index contributed by atoms with van der Waals surface area (Å²) < 4.78 is 45.6. The van der Waals surface area contributed by atoms with Crippen LogP contribution in [0.15, 0.2) is 63.9 Å². The van der Waals surface area contributed by atoms with E-state index in [-0.39, 0.29) is 23.6 Å². The van der Waals surface area contributed by atoms with E-state index in [1.165, 1.54) is 24.3 Å². The minimum absolute atomic E-state index is 0.0338. The van der Waals surface area contributed by atoms with Crippen LogP contribution in [0.4, 0.5) is 0 Å². The van der Waals surface area contributed by atoms with Gasteiger partial charge in [-0.05, 0) is 31.2 Å². The monoisotopic (exact) mass is 422 g/mol. The fourth-order valence-corrected chi connectivity index (χ4v) is 4.12. The second-order valence-corrected chi connectivity index (χ2v) is 9.34. The molecule has 1 aromatic heterocycles. The van der Waals surface area contributed by atoms with Crippen molar-refractivity contribution >= 4 is 17.6 Å². The van der Waals surface area contributed by atoms with Crippen LogP contribution in [-0.2, 0) is 25.3 Å². The Bertz CT molecular complexity index is 1110. The summed E-state index contributed by atoms with van der Waals surface area (Å²) in [6, 6.07) is 15.0. The molecule has 3 rings (SSSR count). The maximum absolute atomic E-state index is 12.1. The van der Waals surface area contributed by atoms with Crippen LogP contribution in [0.3, 0.4) is 0 Å². The van der Waals surface area contributed by atoms with Gasteiger partial charge < -0.3 is 13.8 Å². The fourth-order valence-electron chi connectivity index (χ4n) is 2.63. The molecule has 0 saturated heterocycles. The molecule has 0 radical (unpaired) electrons. The summed E-state index contributed by atoms with van der Waals surface area (Å²) in [7, 11) is -7.71. The van der Waals surface area contributed by atoms with Gasteiger partial charge in [-0.1, -0.05) is 30.3 Å². The molecule has 1 atom stereocenters. The second-order valence-electron chi connectivity index (χ2n) is 5.93. The van der Waals surface area contributed by atoms with E-state index in [2.05, 4.69) is 4.98 Å². The molecule has 3 N–H and O–H groups in total. The lowest BCUT2D eigenvalue weighted by Crippen LogP contribution is -2.11. The van der Waals surface area contributed by atoms with Crippen LogP contribution in [0.5, 0.6) is 0 Å². The van der Waals surface area contributed by atoms with Gasteiger partial charge in [-0.25, -0.2) is 18.5 Å². The first-order valence-corrected chi connectivity index (χ1v) is 11.7. The smallest absolute Gasteiger partial charge is 0.337 e. The molecule has 3 aromatic rings. The Labute approximate surface area is 162 Å². The summed E-state index contributed by atoms with van der Waals surface area (Å²) in [5.41, 5.74) is 1.76. The van der Waals surface area contributed by atoms with E-state index < -0.39 is 17.6 Å². The first-order chi connectivity index (χ1) is 13.2. The van der Waals surface area contributed by atoms with Crippen LogP contribution < -0.4 is 5.14 Å². The van der Waals surface area contributed by atoms with Gasteiger partial charge in [0.25, 0.3) is 0 Å². The number of rotatable bonds is 7. The Morgan fingerprint density at radius 2 is 1.75 bits per heavy atom. The Morgan fingerprint density at radius 3 is 2.32 bits per heavy atom. The Hall–Kier alpha value is -2.29. The Morgan fingerprint density at radius 1 is 1.11 bits per heavy atom. The van der Waals surface area contributed by atoms with E-state index in [9.17, 15) is 17.9 Å². The normalized spacial score (nSPS) is 14.0. The van der Waals surface area contributed by atoms with Gasteiger partial charge in [0.15, 0.2) is 5.76 Å². The third-order valence-electron chi connectivity index (χ3n) is 3.83. The van der Waals surface area contributed by atoms with Crippen LogP contribution in [-0.4, -0.2) is 24.9 Å². The number of primary sulfonamides is 1. The van der Waals surface area contributed by atoms with Gasteiger partial charge in [-0.3, -0.25) is 4.57 Å². The van der Waals surface area contributed by atoms with E-state index in [0.29, 0.717) is 17.0 Å². The summed E-state index contributed by atoms with van der Waals surface area (Å²) in [6.07, 6.45) is -0.379. The van der Waals surface area contributed by atoms with Crippen molar-refractivity contribution in [2.24, 2.45) is 5.14 Å². The average molecular weight is 422 g/mol. The average Bonchev–Trinajstić information content (AvgIpc) is 3.04. The summed E-state index contributed by atoms with van der Waals surface area (Å²) in [4.78, 5) is 14.2. The lowest BCUT2D eigenvalue weighted by molar-refractivity contribution is 0.269. The molecule has 0 bridgehead atoms. The number of hydrogen-bond acceptors (Lipinski definition) is 6. The van der Waals surface area contributed by atoms with Crippen LogP contribution in [0, 0.1) is 0 Å². The lowest BCUT2D eigenvalue weighted by atomic mass is 10.1. The topological polar surface area (TPSA) is 133 Å². The zero-order valence-corrected chi connectivity index (χ0v) is 16.7. The number of sulfonamides is 1. The minimum atomic E-state index is -3.89. The van der Waals surface area contributed by atoms with Gasteiger partial charge >= 0.3 is 7.60 Å². The van der Waals surface area contributed by atoms with E-state index in [0.717, 1.165) is 5.56 Å². The van der Waals surface area contributed by atoms with Crippen molar-refractivity contribution in [1.82, 2.24) is 4.98 Å². The molecular formula is C18H19N2O6PS. The Kier molecular flexibility index (Phi) is 5.83. The highest BCUT2D eigenvalue weighted by Gasteiger charge is 2.25. The predicted octanol–water partition coefficient (Wildman–Crippen LogP) is 3.38. The molecule has 28 heavy (non-hydrogen) atoms. The molecule has 2 aromatic carbocycles. The second kappa shape index (κ2) is 7.98. The minimum Gasteiger partial charge on any atom is -0.439 e. The number of nitrogens with zero attached hydrogens (tertiary/aromatic N) is 1. The van der Waals surface area contributed by atoms with Crippen molar-refractivity contribution in [1.29, 1.82) is 0 Å². The number of benzene rings is 2. The maximum atomic E-state index is 12.1. The van der Waals surface area contributed by atoms with E-state index in [4.69, 9.17) is 14.1 Å². The van der Waals surface area contributed by atoms with E-state index >= 15 is 0 Å². The molecule has 1 unspecified atom stereocenters. The lowest BCUT2D eigenvalue weighted by Gasteiger charge is -2.07. The third-order valence-corrected chi connectivity index (χ3v) is 6.09. The molecule has 8 nitrogen and oxygen atoms in total. The van der Waals surface area contributed by atoms with E-state index in [1.807, 2.05) is 30.3 Å². The summed E-state index contributed by atoms with van der Waals surface area (Å²) in [5.74, 6) is 0.391. The summed E-state index contributed by atoms with van der Waals surface area (Å²) >= 11 is 0. The van der Waals surface area contributed by atoms with Crippen molar-refractivity contribution < 1.29 is 26.8 Å². The number of nitrogens with two attached hydrogens (primary N) is 1. The standard InChI is InChI=1S/C18H19N2O6PS/c1-2-25-27(21,22)12-16-20-17(13-6-4-3-5-7-13)18(26-16)14-8-10-15(11-9-14)28(19,23)24/h3-11H,2,12H2,1H3,(H,21,22)(H2,19,23,24). The molecular weight excluding hydrogens is 403 g/mol. The van der Waals surface area contributed by atoms with Gasteiger partial charge in [0.1, 0.15) is 11.9 Å². The van der Waals surface area contributed by atoms with Gasteiger partial charge in [-0.15, -0.1) is 0 Å². The summed E-state index contributed by atoms with van der Waals surface area (Å²) in [6.45, 7) is 1.70. The maximum Gasteiger partial charge on any atom is 0.337 e. The Balaban J connectivity index is 2.07. The quantitative estimate of drug-likeness (QED) is 0.558. The highest BCUT2D eigenvalue weighted by molar-refractivity contribution is 7.89. The van der Waals surface area contributed by atoms with Crippen molar-refractivity contribution in [3.05, 3.63) is 60.5 Å². The van der Waals surface area contributed by atoms with E-state index in [1.54, 1.807) is 6.92 Å². The fraction of sp³-hybridized carbons (Fsp3) is 0.167. The molecule has 0 spiro atoms. The predicted molar refractivity (Wildman–Crippen MR) is 104 cm³/mol. The van der Waals surface area contributed by atoms with Crippen LogP contribution >= 0.6 is 7.60 Å². The molecule has 0 fully saturated rings.